The fourth-order valence-corrected chi connectivity index (χ4v) is 3.60. The van der Waals surface area contributed by atoms with E-state index < -0.39 is 5.41 Å². The molecule has 1 unspecified atom stereocenters. The molecule has 4 heteroatoms. The highest BCUT2D eigenvalue weighted by Gasteiger charge is 2.48. The molecule has 1 aromatic heterocycles. The average molecular weight is 340 g/mol. The minimum Gasteiger partial charge on any atom is -0.497 e. The van der Waals surface area contributed by atoms with Crippen LogP contribution in [0.1, 0.15) is 65.8 Å². The van der Waals surface area contributed by atoms with Gasteiger partial charge in [-0.1, -0.05) is 39.3 Å². The Morgan fingerprint density at radius 3 is 2.44 bits per heavy atom. The summed E-state index contributed by atoms with van der Waals surface area (Å²) < 4.78 is 11.0. The molecule has 1 atom stereocenters. The topological polar surface area (TPSA) is 56.5 Å². The Morgan fingerprint density at radius 1 is 1.16 bits per heavy atom. The van der Waals surface area contributed by atoms with Crippen molar-refractivity contribution < 1.29 is 18.7 Å². The fraction of sp³-hybridized carbons (Fsp3) is 0.429. The van der Waals surface area contributed by atoms with Crippen molar-refractivity contribution in [3.63, 3.8) is 0 Å². The molecule has 1 aromatic carbocycles. The maximum absolute atomic E-state index is 12.9. The van der Waals surface area contributed by atoms with Crippen LogP contribution in [0.2, 0.25) is 0 Å². The van der Waals surface area contributed by atoms with E-state index in [-0.39, 0.29) is 23.2 Å². The molecule has 0 saturated heterocycles. The molecule has 0 bridgehead atoms. The van der Waals surface area contributed by atoms with Gasteiger partial charge in [-0.15, -0.1) is 0 Å². The van der Waals surface area contributed by atoms with Gasteiger partial charge in [0.05, 0.1) is 12.7 Å². The Morgan fingerprint density at radius 2 is 1.84 bits per heavy atom. The van der Waals surface area contributed by atoms with E-state index in [1.165, 1.54) is 0 Å². The Bertz CT molecular complexity index is 796. The molecule has 0 aliphatic heterocycles. The smallest absolute Gasteiger partial charge is 0.202 e. The van der Waals surface area contributed by atoms with Crippen molar-refractivity contribution in [2.75, 3.05) is 7.11 Å². The highest BCUT2D eigenvalue weighted by atomic mass is 16.5. The number of methoxy groups -OCH3 is 1. The third-order valence-electron chi connectivity index (χ3n) is 5.14. The van der Waals surface area contributed by atoms with Gasteiger partial charge < -0.3 is 9.15 Å². The van der Waals surface area contributed by atoms with Gasteiger partial charge in [-0.25, -0.2) is 0 Å². The number of ether oxygens (including phenoxy) is 1. The lowest BCUT2D eigenvalue weighted by molar-refractivity contribution is 0.0576. The maximum atomic E-state index is 12.9. The summed E-state index contributed by atoms with van der Waals surface area (Å²) in [7, 11) is 1.63. The monoisotopic (exact) mass is 340 g/mol. The molecule has 1 aliphatic carbocycles. The van der Waals surface area contributed by atoms with E-state index in [0.29, 0.717) is 24.2 Å². The molecular weight excluding hydrogens is 316 g/mol. The number of ketones is 2. The molecule has 0 amide bonds. The standard InChI is InChI=1S/C21H24O4/c1-5-6-17-18(22)19-16(20(23)21(17,2)3)12-15(25-19)11-13-7-9-14(24-4)10-8-13/h7-10,12,17H,5-6,11H2,1-4H3. The van der Waals surface area contributed by atoms with Crippen LogP contribution < -0.4 is 4.74 Å². The van der Waals surface area contributed by atoms with E-state index in [0.717, 1.165) is 17.7 Å². The van der Waals surface area contributed by atoms with Gasteiger partial charge in [-0.05, 0) is 30.2 Å². The fourth-order valence-electron chi connectivity index (χ4n) is 3.60. The summed E-state index contributed by atoms with van der Waals surface area (Å²) in [4.78, 5) is 25.7. The van der Waals surface area contributed by atoms with Crippen LogP contribution in [0.4, 0.5) is 0 Å². The van der Waals surface area contributed by atoms with Crippen molar-refractivity contribution in [2.45, 2.75) is 40.0 Å². The molecular formula is C21H24O4. The Balaban J connectivity index is 1.92. The molecule has 25 heavy (non-hydrogen) atoms. The van der Waals surface area contributed by atoms with Gasteiger partial charge in [0, 0.05) is 17.8 Å². The molecule has 0 saturated carbocycles. The molecule has 1 aliphatic rings. The molecule has 3 rings (SSSR count). The highest BCUT2D eigenvalue weighted by Crippen LogP contribution is 2.43. The summed E-state index contributed by atoms with van der Waals surface area (Å²) in [6.07, 6.45) is 2.10. The van der Waals surface area contributed by atoms with Crippen LogP contribution in [-0.2, 0) is 6.42 Å². The number of furan rings is 1. The first-order chi connectivity index (χ1) is 11.9. The average Bonchev–Trinajstić information content (AvgIpc) is 3.02. The molecule has 132 valence electrons. The Hall–Kier alpha value is -2.36. The predicted octanol–water partition coefficient (Wildman–Crippen LogP) is 4.70. The van der Waals surface area contributed by atoms with Gasteiger partial charge in [0.2, 0.25) is 5.78 Å². The minimum atomic E-state index is -0.679. The summed E-state index contributed by atoms with van der Waals surface area (Å²) >= 11 is 0. The number of Topliss-reactive ketones (excluding diaryl/α,β-unsaturated/α-hetero) is 2. The lowest BCUT2D eigenvalue weighted by atomic mass is 9.65. The summed E-state index contributed by atoms with van der Waals surface area (Å²) in [6, 6.07) is 9.41. The van der Waals surface area contributed by atoms with Gasteiger partial charge in [-0.3, -0.25) is 9.59 Å². The number of rotatable bonds is 5. The molecule has 2 aromatic rings. The number of hydrogen-bond acceptors (Lipinski definition) is 4. The summed E-state index contributed by atoms with van der Waals surface area (Å²) in [5, 5.41) is 0. The van der Waals surface area contributed by atoms with E-state index >= 15 is 0 Å². The van der Waals surface area contributed by atoms with Crippen LogP contribution in [0.25, 0.3) is 0 Å². The predicted molar refractivity (Wildman–Crippen MR) is 95.3 cm³/mol. The van der Waals surface area contributed by atoms with Crippen molar-refractivity contribution in [1.29, 1.82) is 0 Å². The van der Waals surface area contributed by atoms with Crippen LogP contribution in [0.3, 0.4) is 0 Å². The molecule has 0 radical (unpaired) electrons. The lowest BCUT2D eigenvalue weighted by Gasteiger charge is -2.34. The van der Waals surface area contributed by atoms with Crippen LogP contribution in [-0.4, -0.2) is 18.7 Å². The second kappa shape index (κ2) is 6.51. The van der Waals surface area contributed by atoms with E-state index in [1.54, 1.807) is 13.2 Å². The van der Waals surface area contributed by atoms with Crippen LogP contribution >= 0.6 is 0 Å². The van der Waals surface area contributed by atoms with Crippen molar-refractivity contribution in [3.05, 3.63) is 53.0 Å². The van der Waals surface area contributed by atoms with Gasteiger partial charge in [-0.2, -0.15) is 0 Å². The Labute approximate surface area is 148 Å². The summed E-state index contributed by atoms with van der Waals surface area (Å²) in [6.45, 7) is 5.76. The quantitative estimate of drug-likeness (QED) is 0.791. The third kappa shape index (κ3) is 3.01. The van der Waals surface area contributed by atoms with E-state index in [2.05, 4.69) is 0 Å². The lowest BCUT2D eigenvalue weighted by Crippen LogP contribution is -2.42. The zero-order chi connectivity index (χ0) is 18.2. The summed E-state index contributed by atoms with van der Waals surface area (Å²) in [5.74, 6) is 1.33. The second-order valence-corrected chi connectivity index (χ2v) is 7.24. The highest BCUT2D eigenvalue weighted by molar-refractivity contribution is 6.16. The third-order valence-corrected chi connectivity index (χ3v) is 5.14. The van der Waals surface area contributed by atoms with Gasteiger partial charge in [0.1, 0.15) is 11.5 Å². The Kier molecular flexibility index (Phi) is 4.55. The first-order valence-corrected chi connectivity index (χ1v) is 8.73. The zero-order valence-electron chi connectivity index (χ0n) is 15.2. The molecule has 0 fully saturated rings. The number of hydrogen-bond donors (Lipinski definition) is 0. The maximum Gasteiger partial charge on any atom is 0.202 e. The van der Waals surface area contributed by atoms with Crippen molar-refractivity contribution in [2.24, 2.45) is 11.3 Å². The minimum absolute atomic E-state index is 0.00489. The first kappa shape index (κ1) is 17.5. The van der Waals surface area contributed by atoms with Gasteiger partial charge >= 0.3 is 0 Å². The molecule has 0 N–H and O–H groups in total. The molecule has 0 spiro atoms. The van der Waals surface area contributed by atoms with E-state index in [1.807, 2.05) is 45.0 Å². The van der Waals surface area contributed by atoms with Crippen molar-refractivity contribution in [1.82, 2.24) is 0 Å². The number of carbonyl (C=O) groups excluding carboxylic acids is 2. The number of carbonyl (C=O) groups is 2. The van der Waals surface area contributed by atoms with Crippen molar-refractivity contribution >= 4 is 11.6 Å². The largest absolute Gasteiger partial charge is 0.497 e. The van der Waals surface area contributed by atoms with Gasteiger partial charge in [0.15, 0.2) is 11.5 Å². The second-order valence-electron chi connectivity index (χ2n) is 7.24. The van der Waals surface area contributed by atoms with Crippen LogP contribution in [0, 0.1) is 11.3 Å². The van der Waals surface area contributed by atoms with E-state index in [4.69, 9.17) is 9.15 Å². The summed E-state index contributed by atoms with van der Waals surface area (Å²) in [5.41, 5.74) is 0.795. The molecule has 4 nitrogen and oxygen atoms in total. The normalized spacial score (nSPS) is 19.0. The van der Waals surface area contributed by atoms with E-state index in [9.17, 15) is 9.59 Å². The molecule has 1 heterocycles. The van der Waals surface area contributed by atoms with Crippen molar-refractivity contribution in [3.8, 4) is 5.75 Å². The first-order valence-electron chi connectivity index (χ1n) is 8.73. The number of benzene rings is 1. The number of fused-ring (bicyclic) bond motifs is 1. The van der Waals surface area contributed by atoms with Crippen LogP contribution in [0.5, 0.6) is 5.75 Å². The zero-order valence-corrected chi connectivity index (χ0v) is 15.2. The van der Waals surface area contributed by atoms with Gasteiger partial charge in [0.25, 0.3) is 0 Å². The SMILES string of the molecule is CCCC1C(=O)c2oc(Cc3ccc(OC)cc3)cc2C(=O)C1(C)C. The van der Waals surface area contributed by atoms with Crippen LogP contribution in [0.15, 0.2) is 34.7 Å².